The van der Waals surface area contributed by atoms with Gasteiger partial charge in [-0.2, -0.15) is 5.10 Å². The molecule has 0 saturated heterocycles. The van der Waals surface area contributed by atoms with Crippen molar-refractivity contribution < 1.29 is 9.53 Å². The predicted molar refractivity (Wildman–Crippen MR) is 82.7 cm³/mol. The van der Waals surface area contributed by atoms with Crippen LogP contribution in [0, 0.1) is 0 Å². The number of carbonyl (C=O) groups is 1. The number of benzene rings is 1. The Kier molecular flexibility index (Phi) is 4.62. The summed E-state index contributed by atoms with van der Waals surface area (Å²) in [5.41, 5.74) is 9.62. The average molecular weight is 287 g/mol. The highest BCUT2D eigenvalue weighted by molar-refractivity contribution is 5.95. The van der Waals surface area contributed by atoms with Gasteiger partial charge in [0.1, 0.15) is 0 Å². The maximum Gasteiger partial charge on any atom is 0.340 e. The van der Waals surface area contributed by atoms with E-state index < -0.39 is 5.97 Å². The number of nitrogen functional groups attached to an aromatic ring is 1. The number of nitrogens with two attached hydrogens (primary N) is 1. The normalized spacial score (nSPS) is 10.6. The molecule has 5 nitrogen and oxygen atoms in total. The molecule has 0 aliphatic rings. The first-order chi connectivity index (χ1) is 10.1. The molecule has 21 heavy (non-hydrogen) atoms. The van der Waals surface area contributed by atoms with Gasteiger partial charge in [-0.1, -0.05) is 13.8 Å². The molecule has 0 spiro atoms. The van der Waals surface area contributed by atoms with Crippen LogP contribution in [0.3, 0.4) is 0 Å². The summed E-state index contributed by atoms with van der Waals surface area (Å²) >= 11 is 0. The molecule has 0 amide bonds. The third-order valence-electron chi connectivity index (χ3n) is 3.33. The van der Waals surface area contributed by atoms with Crippen molar-refractivity contribution in [1.82, 2.24) is 9.78 Å². The molecule has 2 rings (SSSR count). The molecule has 2 aromatic rings. The molecule has 0 aliphatic heterocycles. The van der Waals surface area contributed by atoms with Gasteiger partial charge >= 0.3 is 5.97 Å². The highest BCUT2D eigenvalue weighted by Gasteiger charge is 2.14. The van der Waals surface area contributed by atoms with Crippen LogP contribution in [0.25, 0.3) is 5.69 Å². The molecule has 0 fully saturated rings. The maximum absolute atomic E-state index is 11.9. The van der Waals surface area contributed by atoms with Crippen LogP contribution in [0.1, 0.15) is 42.5 Å². The minimum atomic E-state index is -0.405. The molecule has 0 unspecified atom stereocenters. The van der Waals surface area contributed by atoms with E-state index in [4.69, 9.17) is 10.5 Å². The fraction of sp³-hybridized carbons (Fsp3) is 0.375. The minimum Gasteiger partial charge on any atom is -0.462 e. The number of aromatic nitrogens is 2. The quantitative estimate of drug-likeness (QED) is 0.678. The number of hydrogen-bond acceptors (Lipinski definition) is 4. The lowest BCUT2D eigenvalue weighted by atomic mass is 10.1. The van der Waals surface area contributed by atoms with E-state index in [1.165, 1.54) is 0 Å². The van der Waals surface area contributed by atoms with E-state index in [1.54, 1.807) is 19.1 Å². The van der Waals surface area contributed by atoms with Gasteiger partial charge in [-0.3, -0.25) is 0 Å². The van der Waals surface area contributed by atoms with Crippen LogP contribution in [0.2, 0.25) is 0 Å². The van der Waals surface area contributed by atoms with Crippen molar-refractivity contribution in [2.75, 3.05) is 12.3 Å². The molecule has 1 heterocycles. The molecule has 112 valence electrons. The van der Waals surface area contributed by atoms with Crippen molar-refractivity contribution in [2.24, 2.45) is 0 Å². The zero-order valence-corrected chi connectivity index (χ0v) is 12.7. The fourth-order valence-corrected chi connectivity index (χ4v) is 2.18. The number of rotatable bonds is 5. The fourth-order valence-electron chi connectivity index (χ4n) is 2.18. The molecule has 5 heteroatoms. The Balaban J connectivity index is 2.47. The second kappa shape index (κ2) is 6.43. The van der Waals surface area contributed by atoms with Crippen molar-refractivity contribution >= 4 is 11.7 Å². The number of aryl methyl sites for hydroxylation is 2. The van der Waals surface area contributed by atoms with Crippen LogP contribution >= 0.6 is 0 Å². The van der Waals surface area contributed by atoms with Crippen molar-refractivity contribution in [2.45, 2.75) is 33.6 Å². The Morgan fingerprint density at radius 3 is 2.62 bits per heavy atom. The smallest absolute Gasteiger partial charge is 0.340 e. The van der Waals surface area contributed by atoms with Crippen LogP contribution in [0.15, 0.2) is 24.3 Å². The average Bonchev–Trinajstić information content (AvgIpc) is 2.91. The number of carbonyl (C=O) groups excluding carboxylic acids is 1. The molecular formula is C16H21N3O2. The van der Waals surface area contributed by atoms with Crippen molar-refractivity contribution in [3.05, 3.63) is 41.2 Å². The summed E-state index contributed by atoms with van der Waals surface area (Å²) in [5.74, 6) is -0.405. The number of esters is 1. The zero-order chi connectivity index (χ0) is 15.4. The molecule has 0 bridgehead atoms. The highest BCUT2D eigenvalue weighted by atomic mass is 16.5. The molecule has 0 atom stereocenters. The highest BCUT2D eigenvalue weighted by Crippen LogP contribution is 2.20. The summed E-state index contributed by atoms with van der Waals surface area (Å²) in [6.07, 6.45) is 1.74. The van der Waals surface area contributed by atoms with Crippen molar-refractivity contribution in [3.63, 3.8) is 0 Å². The van der Waals surface area contributed by atoms with Gasteiger partial charge in [0, 0.05) is 11.4 Å². The Hall–Kier alpha value is -2.30. The van der Waals surface area contributed by atoms with Gasteiger partial charge in [0.2, 0.25) is 0 Å². The van der Waals surface area contributed by atoms with Gasteiger partial charge in [-0.15, -0.1) is 0 Å². The summed E-state index contributed by atoms with van der Waals surface area (Å²) in [6.45, 7) is 6.24. The molecule has 1 aromatic heterocycles. The Labute approximate surface area is 124 Å². The summed E-state index contributed by atoms with van der Waals surface area (Å²) < 4.78 is 6.90. The summed E-state index contributed by atoms with van der Waals surface area (Å²) in [4.78, 5) is 11.9. The summed E-state index contributed by atoms with van der Waals surface area (Å²) in [7, 11) is 0. The van der Waals surface area contributed by atoms with E-state index in [2.05, 4.69) is 25.0 Å². The van der Waals surface area contributed by atoms with Gasteiger partial charge in [0.15, 0.2) is 0 Å². The van der Waals surface area contributed by atoms with Gasteiger partial charge in [0.05, 0.1) is 23.6 Å². The van der Waals surface area contributed by atoms with E-state index in [0.29, 0.717) is 17.9 Å². The molecule has 0 saturated carbocycles. The molecule has 2 N–H and O–H groups in total. The number of ether oxygens (including phenoxy) is 1. The van der Waals surface area contributed by atoms with Crippen LogP contribution in [-0.4, -0.2) is 22.4 Å². The van der Waals surface area contributed by atoms with E-state index in [9.17, 15) is 4.79 Å². The van der Waals surface area contributed by atoms with Crippen molar-refractivity contribution in [1.29, 1.82) is 0 Å². The zero-order valence-electron chi connectivity index (χ0n) is 12.7. The monoisotopic (exact) mass is 287 g/mol. The Bertz CT molecular complexity index is 647. The van der Waals surface area contributed by atoms with E-state index in [1.807, 2.05) is 10.7 Å². The lowest BCUT2D eigenvalue weighted by Crippen LogP contribution is -2.10. The van der Waals surface area contributed by atoms with Gasteiger partial charge in [0.25, 0.3) is 0 Å². The van der Waals surface area contributed by atoms with Crippen LogP contribution < -0.4 is 5.73 Å². The lowest BCUT2D eigenvalue weighted by molar-refractivity contribution is 0.0527. The van der Waals surface area contributed by atoms with Gasteiger partial charge in [-0.25, -0.2) is 9.48 Å². The maximum atomic E-state index is 11.9. The summed E-state index contributed by atoms with van der Waals surface area (Å²) in [6, 6.07) is 7.40. The third-order valence-corrected chi connectivity index (χ3v) is 3.33. The first-order valence-corrected chi connectivity index (χ1v) is 7.25. The summed E-state index contributed by atoms with van der Waals surface area (Å²) in [5, 5.41) is 4.57. The number of nitrogens with zero attached hydrogens (tertiary/aromatic N) is 2. The number of hydrogen-bond donors (Lipinski definition) is 1. The molecule has 0 aliphatic carbocycles. The number of anilines is 1. The SMILES string of the molecule is CCOC(=O)c1cc(-n2nc(CC)cc2CC)ccc1N. The van der Waals surface area contributed by atoms with Gasteiger partial charge < -0.3 is 10.5 Å². The first-order valence-electron chi connectivity index (χ1n) is 7.25. The Morgan fingerprint density at radius 1 is 1.24 bits per heavy atom. The lowest BCUT2D eigenvalue weighted by Gasteiger charge is -2.10. The minimum absolute atomic E-state index is 0.324. The van der Waals surface area contributed by atoms with E-state index >= 15 is 0 Å². The van der Waals surface area contributed by atoms with E-state index in [0.717, 1.165) is 29.9 Å². The second-order valence-electron chi connectivity index (χ2n) is 4.74. The molecule has 0 radical (unpaired) electrons. The molecule has 1 aromatic carbocycles. The topological polar surface area (TPSA) is 70.1 Å². The Morgan fingerprint density at radius 2 is 2.00 bits per heavy atom. The van der Waals surface area contributed by atoms with Crippen LogP contribution in [0.4, 0.5) is 5.69 Å². The standard InChI is InChI=1S/C16H21N3O2/c1-4-11-9-12(5-2)19(18-11)13-7-8-15(17)14(10-13)16(20)21-6-3/h7-10H,4-6,17H2,1-3H3. The van der Waals surface area contributed by atoms with Crippen LogP contribution in [-0.2, 0) is 17.6 Å². The first kappa shape index (κ1) is 15.1. The van der Waals surface area contributed by atoms with Crippen molar-refractivity contribution in [3.8, 4) is 5.69 Å². The van der Waals surface area contributed by atoms with E-state index in [-0.39, 0.29) is 0 Å². The predicted octanol–water partition coefficient (Wildman–Crippen LogP) is 2.76. The third kappa shape index (κ3) is 3.07. The van der Waals surface area contributed by atoms with Crippen LogP contribution in [0.5, 0.6) is 0 Å². The molecular weight excluding hydrogens is 266 g/mol. The largest absolute Gasteiger partial charge is 0.462 e. The van der Waals surface area contributed by atoms with Gasteiger partial charge in [-0.05, 0) is 44.0 Å². The second-order valence-corrected chi connectivity index (χ2v) is 4.74.